The molecular weight excluding hydrogens is 268 g/mol. The van der Waals surface area contributed by atoms with E-state index in [9.17, 15) is 14.7 Å². The Hall–Kier alpha value is -2.32. The van der Waals surface area contributed by atoms with E-state index in [-0.39, 0.29) is 19.6 Å². The van der Waals surface area contributed by atoms with Crippen LogP contribution in [0.5, 0.6) is 0 Å². The molecule has 0 aliphatic rings. The van der Waals surface area contributed by atoms with Gasteiger partial charge >= 0.3 is 0 Å². The molecule has 1 aromatic carbocycles. The van der Waals surface area contributed by atoms with Gasteiger partial charge in [-0.25, -0.2) is 0 Å². The molecule has 0 aliphatic carbocycles. The molecule has 0 aromatic heterocycles. The van der Waals surface area contributed by atoms with Crippen molar-refractivity contribution >= 4 is 11.8 Å². The van der Waals surface area contributed by atoms with E-state index in [4.69, 9.17) is 6.42 Å². The number of hydrogen-bond donors (Lipinski definition) is 3. The van der Waals surface area contributed by atoms with Crippen molar-refractivity contribution in [2.24, 2.45) is 0 Å². The average molecular weight is 288 g/mol. The molecule has 0 aliphatic heterocycles. The number of hydrogen-bond acceptors (Lipinski definition) is 3. The van der Waals surface area contributed by atoms with Crippen molar-refractivity contribution in [3.05, 3.63) is 35.4 Å². The zero-order chi connectivity index (χ0) is 15.7. The second-order valence-corrected chi connectivity index (χ2v) is 4.56. The van der Waals surface area contributed by atoms with Crippen LogP contribution in [0.3, 0.4) is 0 Å². The van der Waals surface area contributed by atoms with Gasteiger partial charge in [0.15, 0.2) is 0 Å². The number of aryl methyl sites for hydroxylation is 1. The molecule has 0 saturated heterocycles. The average Bonchev–Trinajstić information content (AvgIpc) is 2.50. The second-order valence-electron chi connectivity index (χ2n) is 4.56. The van der Waals surface area contributed by atoms with E-state index in [0.29, 0.717) is 0 Å². The molecule has 0 heterocycles. The van der Waals surface area contributed by atoms with Crippen LogP contribution in [0.1, 0.15) is 30.5 Å². The predicted molar refractivity (Wildman–Crippen MR) is 80.2 cm³/mol. The van der Waals surface area contributed by atoms with E-state index in [2.05, 4.69) is 23.5 Å². The first-order valence-corrected chi connectivity index (χ1v) is 6.79. The van der Waals surface area contributed by atoms with Crippen LogP contribution in [0.2, 0.25) is 0 Å². The quantitative estimate of drug-likeness (QED) is 0.506. The van der Waals surface area contributed by atoms with Crippen molar-refractivity contribution in [2.75, 3.05) is 13.2 Å². The Morgan fingerprint density at radius 2 is 1.95 bits per heavy atom. The topological polar surface area (TPSA) is 78.4 Å². The maximum absolute atomic E-state index is 11.7. The van der Waals surface area contributed by atoms with Crippen LogP contribution in [0.4, 0.5) is 0 Å². The SMILES string of the molecule is C#CCNC(=O)CC(=O)NC(CO)c1ccc(CC)cc1. The van der Waals surface area contributed by atoms with E-state index < -0.39 is 17.9 Å². The highest BCUT2D eigenvalue weighted by Gasteiger charge is 2.15. The summed E-state index contributed by atoms with van der Waals surface area (Å²) in [4.78, 5) is 23.1. The third-order valence-corrected chi connectivity index (χ3v) is 3.02. The summed E-state index contributed by atoms with van der Waals surface area (Å²) in [6.07, 6.45) is 5.62. The number of benzene rings is 1. The van der Waals surface area contributed by atoms with Gasteiger partial charge in [-0.15, -0.1) is 6.42 Å². The Balaban J connectivity index is 2.58. The third-order valence-electron chi connectivity index (χ3n) is 3.02. The first kappa shape index (κ1) is 16.7. The maximum Gasteiger partial charge on any atom is 0.230 e. The van der Waals surface area contributed by atoms with Crippen molar-refractivity contribution in [1.29, 1.82) is 0 Å². The predicted octanol–water partition coefficient (Wildman–Crippen LogP) is 0.538. The molecular formula is C16H20N2O3. The molecule has 0 fully saturated rings. The lowest BCUT2D eigenvalue weighted by molar-refractivity contribution is -0.129. The highest BCUT2D eigenvalue weighted by Crippen LogP contribution is 2.14. The fourth-order valence-corrected chi connectivity index (χ4v) is 1.82. The summed E-state index contributed by atoms with van der Waals surface area (Å²) in [7, 11) is 0. The van der Waals surface area contributed by atoms with E-state index in [1.54, 1.807) is 0 Å². The summed E-state index contributed by atoms with van der Waals surface area (Å²) in [6, 6.07) is 7.09. The van der Waals surface area contributed by atoms with Gasteiger partial charge in [0.1, 0.15) is 6.42 Å². The molecule has 1 atom stereocenters. The molecule has 1 unspecified atom stereocenters. The van der Waals surface area contributed by atoms with Gasteiger partial charge in [0.2, 0.25) is 11.8 Å². The zero-order valence-corrected chi connectivity index (χ0v) is 12.1. The monoisotopic (exact) mass is 288 g/mol. The minimum atomic E-state index is -0.524. The summed E-state index contributed by atoms with van der Waals surface area (Å²) in [5, 5.41) is 14.4. The number of nitrogens with one attached hydrogen (secondary N) is 2. The fraction of sp³-hybridized carbons (Fsp3) is 0.375. The minimum Gasteiger partial charge on any atom is -0.394 e. The van der Waals surface area contributed by atoms with Crippen LogP contribution in [0, 0.1) is 12.3 Å². The Morgan fingerprint density at radius 3 is 2.48 bits per heavy atom. The van der Waals surface area contributed by atoms with E-state index >= 15 is 0 Å². The number of carbonyl (C=O) groups is 2. The molecule has 1 rings (SSSR count). The fourth-order valence-electron chi connectivity index (χ4n) is 1.82. The lowest BCUT2D eigenvalue weighted by atomic mass is 10.0. The van der Waals surface area contributed by atoms with Gasteiger partial charge in [-0.05, 0) is 17.5 Å². The first-order chi connectivity index (χ1) is 10.1. The van der Waals surface area contributed by atoms with Gasteiger partial charge < -0.3 is 15.7 Å². The maximum atomic E-state index is 11.7. The van der Waals surface area contributed by atoms with Crippen LogP contribution in [-0.2, 0) is 16.0 Å². The van der Waals surface area contributed by atoms with Crippen LogP contribution in [-0.4, -0.2) is 30.1 Å². The van der Waals surface area contributed by atoms with Crippen LogP contribution < -0.4 is 10.6 Å². The molecule has 2 amide bonds. The number of terminal acetylenes is 1. The summed E-state index contributed by atoms with van der Waals surface area (Å²) in [5.74, 6) is 1.36. The molecule has 0 bridgehead atoms. The summed E-state index contributed by atoms with van der Waals surface area (Å²) < 4.78 is 0. The van der Waals surface area contributed by atoms with Crippen molar-refractivity contribution in [2.45, 2.75) is 25.8 Å². The molecule has 0 spiro atoms. The Kier molecular flexibility index (Phi) is 6.99. The summed E-state index contributed by atoms with van der Waals surface area (Å²) >= 11 is 0. The first-order valence-electron chi connectivity index (χ1n) is 6.79. The van der Waals surface area contributed by atoms with Gasteiger partial charge in [0.25, 0.3) is 0 Å². The van der Waals surface area contributed by atoms with Gasteiger partial charge in [0.05, 0.1) is 19.2 Å². The smallest absolute Gasteiger partial charge is 0.230 e. The minimum absolute atomic E-state index is 0.0913. The standard InChI is InChI=1S/C16H20N2O3/c1-3-9-17-15(20)10-16(21)18-14(11-19)13-7-5-12(4-2)6-8-13/h1,5-8,14,19H,4,9-11H2,2H3,(H,17,20)(H,18,21). The molecule has 0 radical (unpaired) electrons. The Labute approximate surface area is 124 Å². The largest absolute Gasteiger partial charge is 0.394 e. The van der Waals surface area contributed by atoms with Gasteiger partial charge in [0, 0.05) is 0 Å². The third kappa shape index (κ3) is 5.67. The molecule has 21 heavy (non-hydrogen) atoms. The highest BCUT2D eigenvalue weighted by atomic mass is 16.3. The van der Waals surface area contributed by atoms with Gasteiger partial charge in [-0.2, -0.15) is 0 Å². The number of carbonyl (C=O) groups excluding carboxylic acids is 2. The van der Waals surface area contributed by atoms with Crippen molar-refractivity contribution < 1.29 is 14.7 Å². The molecule has 0 saturated carbocycles. The van der Waals surface area contributed by atoms with Crippen LogP contribution >= 0.6 is 0 Å². The summed E-state index contributed by atoms with van der Waals surface area (Å²) in [5.41, 5.74) is 1.97. The molecule has 112 valence electrons. The van der Waals surface area contributed by atoms with Crippen LogP contribution in [0.25, 0.3) is 0 Å². The zero-order valence-electron chi connectivity index (χ0n) is 12.1. The number of amides is 2. The van der Waals surface area contributed by atoms with Crippen molar-refractivity contribution in [1.82, 2.24) is 10.6 Å². The Bertz CT molecular complexity index is 517. The number of rotatable bonds is 7. The molecule has 3 N–H and O–H groups in total. The molecule has 1 aromatic rings. The Morgan fingerprint density at radius 1 is 1.29 bits per heavy atom. The number of aliphatic hydroxyl groups excluding tert-OH is 1. The number of aliphatic hydroxyl groups is 1. The second kappa shape index (κ2) is 8.77. The lowest BCUT2D eigenvalue weighted by Crippen LogP contribution is -2.35. The van der Waals surface area contributed by atoms with E-state index in [0.717, 1.165) is 12.0 Å². The molecule has 5 heteroatoms. The molecule has 5 nitrogen and oxygen atoms in total. The van der Waals surface area contributed by atoms with Crippen molar-refractivity contribution in [3.63, 3.8) is 0 Å². The van der Waals surface area contributed by atoms with Gasteiger partial charge in [-0.1, -0.05) is 37.1 Å². The van der Waals surface area contributed by atoms with E-state index in [1.165, 1.54) is 5.56 Å². The van der Waals surface area contributed by atoms with E-state index in [1.807, 2.05) is 24.3 Å². The lowest BCUT2D eigenvalue weighted by Gasteiger charge is -2.17. The van der Waals surface area contributed by atoms with Crippen molar-refractivity contribution in [3.8, 4) is 12.3 Å². The van der Waals surface area contributed by atoms with Gasteiger partial charge in [-0.3, -0.25) is 9.59 Å². The summed E-state index contributed by atoms with van der Waals surface area (Å²) in [6.45, 7) is 1.91. The van der Waals surface area contributed by atoms with Crippen LogP contribution in [0.15, 0.2) is 24.3 Å². The normalized spacial score (nSPS) is 11.3. The highest BCUT2D eigenvalue weighted by molar-refractivity contribution is 5.97.